The summed E-state index contributed by atoms with van der Waals surface area (Å²) in [4.78, 5) is 25.4. The maximum atomic E-state index is 12.1. The number of amides is 1. The van der Waals surface area contributed by atoms with Crippen molar-refractivity contribution < 1.29 is 34.0 Å². The van der Waals surface area contributed by atoms with Crippen molar-refractivity contribution in [3.05, 3.63) is 0 Å². The Labute approximate surface area is 113 Å². The molecule has 0 aromatic rings. The fourth-order valence-corrected chi connectivity index (χ4v) is 2.36. The van der Waals surface area contributed by atoms with Crippen LogP contribution in [0.25, 0.3) is 0 Å². The van der Waals surface area contributed by atoms with Crippen LogP contribution < -0.4 is 0 Å². The van der Waals surface area contributed by atoms with Crippen molar-refractivity contribution in [2.75, 3.05) is 13.7 Å². The van der Waals surface area contributed by atoms with Gasteiger partial charge in [0.05, 0.1) is 0 Å². The second-order valence-electron chi connectivity index (χ2n) is 4.31. The first-order valence-corrected chi connectivity index (χ1v) is 6.73. The fourth-order valence-electron chi connectivity index (χ4n) is 1.93. The minimum atomic E-state index is -0.467. The van der Waals surface area contributed by atoms with Crippen molar-refractivity contribution in [3.63, 3.8) is 0 Å². The average molecular weight is 421 g/mol. The second-order valence-corrected chi connectivity index (χ2v) is 4.90. The summed E-state index contributed by atoms with van der Waals surface area (Å²) in [7, 11) is 1.35. The molecule has 5 nitrogen and oxygen atoms in total. The number of carbonyl (C=O) groups is 2. The normalized spacial score (nSPS) is 25.6. The van der Waals surface area contributed by atoms with Gasteiger partial charge in [-0.25, -0.2) is 0 Å². The summed E-state index contributed by atoms with van der Waals surface area (Å²) in [5.74, 6) is -0.384. The van der Waals surface area contributed by atoms with E-state index < -0.39 is 6.04 Å². The third kappa shape index (κ3) is 3.21. The number of hydrogen-bond donors (Lipinski definition) is 0. The van der Waals surface area contributed by atoms with Gasteiger partial charge in [0.2, 0.25) is 0 Å². The quantitative estimate of drug-likeness (QED) is 0.634. The molecule has 0 radical (unpaired) electrons. The van der Waals surface area contributed by atoms with E-state index in [4.69, 9.17) is 4.74 Å². The Hall–Kier alpha value is -0.572. The first kappa shape index (κ1) is 14.5. The van der Waals surface area contributed by atoms with Gasteiger partial charge in [0.25, 0.3) is 0 Å². The zero-order chi connectivity index (χ0) is 13.0. The van der Waals surface area contributed by atoms with Crippen LogP contribution in [0.5, 0.6) is 0 Å². The summed E-state index contributed by atoms with van der Waals surface area (Å²) in [6.07, 6.45) is 1.34. The van der Waals surface area contributed by atoms with Gasteiger partial charge in [-0.3, -0.25) is 0 Å². The fraction of sp³-hybridized carbons (Fsp3) is 0.818. The molecular formula is C11H18N2O3Pt. The van der Waals surface area contributed by atoms with Crippen molar-refractivity contribution in [1.29, 1.82) is 0 Å². The van der Waals surface area contributed by atoms with Crippen LogP contribution in [0.15, 0.2) is 3.50 Å². The molecule has 1 aliphatic heterocycles. The van der Waals surface area contributed by atoms with Crippen molar-refractivity contribution in [2.45, 2.75) is 38.8 Å². The van der Waals surface area contributed by atoms with Gasteiger partial charge >= 0.3 is 113 Å². The van der Waals surface area contributed by atoms with Crippen LogP contribution >= 0.6 is 0 Å². The van der Waals surface area contributed by atoms with Gasteiger partial charge < -0.3 is 0 Å². The SMILES string of the molecule is CC[C@H](C)C(=O)N1C[C@@H]([N]=[Pt])C[C@H]1C(=O)OC. The van der Waals surface area contributed by atoms with Crippen molar-refractivity contribution >= 4 is 11.9 Å². The monoisotopic (exact) mass is 421 g/mol. The molecule has 0 spiro atoms. The zero-order valence-electron chi connectivity index (χ0n) is 10.3. The standard InChI is InChI=1S/C11H18N2O3.Pt/c1-4-7(2)10(14)13-6-8(12)5-9(13)11(15)16-3;/h7-9H,4-6H2,1-3H3;/t7-,8-,9-;/m0./s1. The van der Waals surface area contributed by atoms with Gasteiger partial charge in [0, 0.05) is 0 Å². The number of carbonyl (C=O) groups excluding carboxylic acids is 2. The third-order valence-electron chi connectivity index (χ3n) is 3.18. The maximum absolute atomic E-state index is 12.1. The first-order chi connectivity index (χ1) is 8.04. The molecule has 100 valence electrons. The van der Waals surface area contributed by atoms with E-state index in [1.165, 1.54) is 7.11 Å². The van der Waals surface area contributed by atoms with E-state index in [1.807, 2.05) is 33.5 Å². The van der Waals surface area contributed by atoms with Gasteiger partial charge in [-0.2, -0.15) is 0 Å². The van der Waals surface area contributed by atoms with Crippen molar-refractivity contribution in [3.8, 4) is 0 Å². The summed E-state index contributed by atoms with van der Waals surface area (Å²) in [5, 5.41) is 0. The Balaban J connectivity index is 2.83. The molecule has 6 heteroatoms. The number of esters is 1. The Kier molecular flexibility index (Phi) is 5.44. The number of ether oxygens (including phenoxy) is 1. The van der Waals surface area contributed by atoms with Crippen LogP contribution in [-0.2, 0) is 34.0 Å². The van der Waals surface area contributed by atoms with Crippen LogP contribution in [0.1, 0.15) is 26.7 Å². The van der Waals surface area contributed by atoms with E-state index in [-0.39, 0.29) is 23.8 Å². The molecule has 0 unspecified atom stereocenters. The average Bonchev–Trinajstić information content (AvgIpc) is 2.79. The van der Waals surface area contributed by atoms with E-state index in [1.54, 1.807) is 4.90 Å². The molecule has 1 rings (SSSR count). The first-order valence-electron chi connectivity index (χ1n) is 5.71. The Morgan fingerprint density at radius 2 is 2.24 bits per heavy atom. The van der Waals surface area contributed by atoms with Gasteiger partial charge in [-0.15, -0.1) is 0 Å². The third-order valence-corrected chi connectivity index (χ3v) is 4.01. The van der Waals surface area contributed by atoms with Crippen LogP contribution in [0, 0.1) is 5.92 Å². The van der Waals surface area contributed by atoms with Gasteiger partial charge in [-0.1, -0.05) is 0 Å². The zero-order valence-corrected chi connectivity index (χ0v) is 12.6. The number of rotatable bonds is 4. The summed E-state index contributed by atoms with van der Waals surface area (Å²) in [6.45, 7) is 4.36. The van der Waals surface area contributed by atoms with Crippen molar-refractivity contribution in [1.82, 2.24) is 4.90 Å². The molecule has 3 atom stereocenters. The molecule has 1 aliphatic rings. The number of hydrogen-bond acceptors (Lipinski definition) is 4. The summed E-state index contributed by atoms with van der Waals surface area (Å²) >= 11 is 1.91. The molecular weight excluding hydrogens is 403 g/mol. The Morgan fingerprint density at radius 3 is 2.71 bits per heavy atom. The molecule has 0 saturated carbocycles. The predicted octanol–water partition coefficient (Wildman–Crippen LogP) is 0.905. The molecule has 0 N–H and O–H groups in total. The second kappa shape index (κ2) is 6.38. The topological polar surface area (TPSA) is 59.0 Å². The Bertz CT molecular complexity index is 322. The van der Waals surface area contributed by atoms with Gasteiger partial charge in [0.1, 0.15) is 0 Å². The van der Waals surface area contributed by atoms with E-state index in [2.05, 4.69) is 3.50 Å². The molecule has 1 amide bonds. The van der Waals surface area contributed by atoms with Crippen LogP contribution in [0.3, 0.4) is 0 Å². The minimum absolute atomic E-state index is 0.0192. The van der Waals surface area contributed by atoms with Gasteiger partial charge in [-0.05, 0) is 0 Å². The predicted molar refractivity (Wildman–Crippen MR) is 57.8 cm³/mol. The summed E-state index contributed by atoms with van der Waals surface area (Å²) in [6, 6.07) is -0.431. The van der Waals surface area contributed by atoms with E-state index in [0.717, 1.165) is 6.42 Å². The summed E-state index contributed by atoms with van der Waals surface area (Å²) in [5.41, 5.74) is 0. The van der Waals surface area contributed by atoms with Gasteiger partial charge in [0.15, 0.2) is 0 Å². The molecule has 1 fully saturated rings. The van der Waals surface area contributed by atoms with Crippen LogP contribution in [0.2, 0.25) is 0 Å². The van der Waals surface area contributed by atoms with E-state index in [0.29, 0.717) is 13.0 Å². The molecule has 0 aromatic carbocycles. The Morgan fingerprint density at radius 1 is 1.59 bits per heavy atom. The number of likely N-dealkylation sites (tertiary alicyclic amines) is 1. The van der Waals surface area contributed by atoms with E-state index >= 15 is 0 Å². The molecule has 1 saturated heterocycles. The number of methoxy groups -OCH3 is 1. The molecule has 0 bridgehead atoms. The summed E-state index contributed by atoms with van der Waals surface area (Å²) < 4.78 is 8.89. The van der Waals surface area contributed by atoms with Crippen LogP contribution in [-0.4, -0.2) is 42.5 Å². The molecule has 0 aliphatic carbocycles. The molecule has 0 aromatic heterocycles. The number of nitrogens with zero attached hydrogens (tertiary/aromatic N) is 2. The van der Waals surface area contributed by atoms with Crippen molar-refractivity contribution in [2.24, 2.45) is 9.41 Å². The molecule has 1 heterocycles. The molecule has 17 heavy (non-hydrogen) atoms. The van der Waals surface area contributed by atoms with E-state index in [9.17, 15) is 9.59 Å². The van der Waals surface area contributed by atoms with Crippen LogP contribution in [0.4, 0.5) is 0 Å².